The first kappa shape index (κ1) is 14.1. The molecule has 0 amide bonds. The number of ketones is 1. The van der Waals surface area contributed by atoms with Crippen LogP contribution in [0.2, 0.25) is 0 Å². The van der Waals surface area contributed by atoms with Crippen molar-refractivity contribution in [1.82, 2.24) is 4.90 Å². The predicted octanol–water partition coefficient (Wildman–Crippen LogP) is 2.67. The molecule has 1 aromatic carbocycles. The van der Waals surface area contributed by atoms with Crippen molar-refractivity contribution in [2.45, 2.75) is 20.8 Å². The molecule has 1 fully saturated rings. The summed E-state index contributed by atoms with van der Waals surface area (Å²) >= 11 is 0. The van der Waals surface area contributed by atoms with Crippen molar-refractivity contribution in [3.63, 3.8) is 0 Å². The summed E-state index contributed by atoms with van der Waals surface area (Å²) < 4.78 is 0. The molecule has 0 bridgehead atoms. The summed E-state index contributed by atoms with van der Waals surface area (Å²) in [4.78, 5) is 16.2. The number of benzene rings is 1. The molecule has 2 rings (SSSR count). The van der Waals surface area contributed by atoms with Gasteiger partial charge in [-0.25, -0.2) is 0 Å². The van der Waals surface area contributed by atoms with E-state index in [1.54, 1.807) is 6.92 Å². The predicted molar refractivity (Wildman–Crippen MR) is 79.9 cm³/mol. The number of nitrogens with zero attached hydrogens (tertiary/aromatic N) is 2. The molecule has 0 aliphatic carbocycles. The Balaban J connectivity index is 1.92. The molecule has 0 unspecified atom stereocenters. The third kappa shape index (κ3) is 3.80. The minimum Gasteiger partial charge on any atom is -0.369 e. The summed E-state index contributed by atoms with van der Waals surface area (Å²) in [5.41, 5.74) is 2.02. The molecule has 3 nitrogen and oxygen atoms in total. The van der Waals surface area contributed by atoms with Crippen LogP contribution in [0.1, 0.15) is 31.1 Å². The van der Waals surface area contributed by atoms with Crippen LogP contribution in [0.4, 0.5) is 5.69 Å². The number of carbonyl (C=O) groups excluding carboxylic acids is 1. The molecule has 1 aliphatic heterocycles. The molecule has 0 N–H and O–H groups in total. The quantitative estimate of drug-likeness (QED) is 0.778. The van der Waals surface area contributed by atoms with Crippen molar-refractivity contribution in [2.24, 2.45) is 5.92 Å². The Morgan fingerprint density at radius 1 is 1.11 bits per heavy atom. The molecule has 1 aliphatic rings. The first-order valence-electron chi connectivity index (χ1n) is 7.14. The van der Waals surface area contributed by atoms with E-state index in [1.165, 1.54) is 12.2 Å². The fourth-order valence-corrected chi connectivity index (χ4v) is 2.61. The highest BCUT2D eigenvalue weighted by atomic mass is 16.1. The maximum Gasteiger partial charge on any atom is 0.159 e. The van der Waals surface area contributed by atoms with Crippen LogP contribution in [0.3, 0.4) is 0 Å². The van der Waals surface area contributed by atoms with E-state index in [9.17, 15) is 4.79 Å². The zero-order valence-electron chi connectivity index (χ0n) is 12.2. The number of hydrogen-bond acceptors (Lipinski definition) is 3. The van der Waals surface area contributed by atoms with Gasteiger partial charge in [-0.15, -0.1) is 0 Å². The van der Waals surface area contributed by atoms with E-state index in [-0.39, 0.29) is 5.78 Å². The summed E-state index contributed by atoms with van der Waals surface area (Å²) in [7, 11) is 0. The number of hydrogen-bond donors (Lipinski definition) is 0. The lowest BCUT2D eigenvalue weighted by Crippen LogP contribution is -2.47. The van der Waals surface area contributed by atoms with E-state index in [2.05, 4.69) is 35.8 Å². The maximum atomic E-state index is 11.3. The Labute approximate surface area is 116 Å². The number of anilines is 1. The van der Waals surface area contributed by atoms with Gasteiger partial charge in [-0.1, -0.05) is 13.8 Å². The Morgan fingerprint density at radius 3 is 2.16 bits per heavy atom. The average Bonchev–Trinajstić information content (AvgIpc) is 2.39. The first-order chi connectivity index (χ1) is 9.06. The minimum atomic E-state index is 0.133. The lowest BCUT2D eigenvalue weighted by molar-refractivity contribution is 0.101. The second-order valence-electron chi connectivity index (χ2n) is 5.78. The molecule has 1 heterocycles. The highest BCUT2D eigenvalue weighted by Crippen LogP contribution is 2.18. The van der Waals surface area contributed by atoms with Crippen molar-refractivity contribution >= 4 is 11.5 Å². The third-order valence-corrected chi connectivity index (χ3v) is 3.63. The fraction of sp³-hybridized carbons (Fsp3) is 0.562. The second-order valence-corrected chi connectivity index (χ2v) is 5.78. The lowest BCUT2D eigenvalue weighted by Gasteiger charge is -2.36. The number of Topliss-reactive ketones (excluding diaryl/α,β-unsaturated/α-hetero) is 1. The zero-order valence-corrected chi connectivity index (χ0v) is 12.2. The van der Waals surface area contributed by atoms with Crippen molar-refractivity contribution in [3.8, 4) is 0 Å². The van der Waals surface area contributed by atoms with E-state index in [4.69, 9.17) is 0 Å². The molecule has 0 spiro atoms. The standard InChI is InChI=1S/C16H24N2O/c1-13(2)12-17-8-10-18(11-9-17)16-6-4-15(5-7-16)14(3)19/h4-7,13H,8-12H2,1-3H3. The topological polar surface area (TPSA) is 23.6 Å². The molecular formula is C16H24N2O. The Bertz CT molecular complexity index is 417. The van der Waals surface area contributed by atoms with Crippen LogP contribution >= 0.6 is 0 Å². The third-order valence-electron chi connectivity index (χ3n) is 3.63. The molecule has 3 heteroatoms. The van der Waals surface area contributed by atoms with Gasteiger partial charge in [-0.3, -0.25) is 9.69 Å². The van der Waals surface area contributed by atoms with Crippen LogP contribution in [0.5, 0.6) is 0 Å². The summed E-state index contributed by atoms with van der Waals surface area (Å²) in [6.45, 7) is 11.8. The van der Waals surface area contributed by atoms with Gasteiger partial charge in [0.05, 0.1) is 0 Å². The van der Waals surface area contributed by atoms with E-state index in [0.717, 1.165) is 37.7 Å². The van der Waals surface area contributed by atoms with Crippen LogP contribution in [-0.2, 0) is 0 Å². The first-order valence-corrected chi connectivity index (χ1v) is 7.14. The molecule has 0 saturated carbocycles. The van der Waals surface area contributed by atoms with Crippen molar-refractivity contribution < 1.29 is 4.79 Å². The number of carbonyl (C=O) groups is 1. The van der Waals surface area contributed by atoms with Gasteiger partial charge in [-0.2, -0.15) is 0 Å². The van der Waals surface area contributed by atoms with Crippen LogP contribution in [0, 0.1) is 5.92 Å². The van der Waals surface area contributed by atoms with Gasteiger partial charge in [-0.05, 0) is 37.1 Å². The van der Waals surface area contributed by atoms with E-state index in [0.29, 0.717) is 0 Å². The van der Waals surface area contributed by atoms with Crippen LogP contribution in [0.15, 0.2) is 24.3 Å². The largest absolute Gasteiger partial charge is 0.369 e. The molecule has 1 aromatic rings. The molecular weight excluding hydrogens is 236 g/mol. The smallest absolute Gasteiger partial charge is 0.159 e. The van der Waals surface area contributed by atoms with E-state index < -0.39 is 0 Å². The van der Waals surface area contributed by atoms with Crippen molar-refractivity contribution in [2.75, 3.05) is 37.6 Å². The Morgan fingerprint density at radius 2 is 1.68 bits per heavy atom. The SMILES string of the molecule is CC(=O)c1ccc(N2CCN(CC(C)C)CC2)cc1. The van der Waals surface area contributed by atoms with Crippen LogP contribution in [0.25, 0.3) is 0 Å². The number of piperazine rings is 1. The molecule has 1 saturated heterocycles. The average molecular weight is 260 g/mol. The van der Waals surface area contributed by atoms with Gasteiger partial charge < -0.3 is 4.90 Å². The second kappa shape index (κ2) is 6.20. The van der Waals surface area contributed by atoms with Crippen molar-refractivity contribution in [1.29, 1.82) is 0 Å². The van der Waals surface area contributed by atoms with Gasteiger partial charge in [0.2, 0.25) is 0 Å². The van der Waals surface area contributed by atoms with Gasteiger partial charge >= 0.3 is 0 Å². The Hall–Kier alpha value is -1.35. The molecule has 0 atom stereocenters. The Kier molecular flexibility index (Phi) is 4.59. The molecule has 0 radical (unpaired) electrons. The minimum absolute atomic E-state index is 0.133. The summed E-state index contributed by atoms with van der Waals surface area (Å²) in [6, 6.07) is 7.99. The maximum absolute atomic E-state index is 11.3. The molecule has 19 heavy (non-hydrogen) atoms. The number of rotatable bonds is 4. The summed E-state index contributed by atoms with van der Waals surface area (Å²) in [5, 5.41) is 0. The van der Waals surface area contributed by atoms with Crippen LogP contribution in [-0.4, -0.2) is 43.4 Å². The monoisotopic (exact) mass is 260 g/mol. The van der Waals surface area contributed by atoms with Crippen LogP contribution < -0.4 is 4.90 Å². The van der Waals surface area contributed by atoms with Crippen molar-refractivity contribution in [3.05, 3.63) is 29.8 Å². The molecule has 0 aromatic heterocycles. The highest BCUT2D eigenvalue weighted by molar-refractivity contribution is 5.94. The highest BCUT2D eigenvalue weighted by Gasteiger charge is 2.17. The van der Waals surface area contributed by atoms with Gasteiger partial charge in [0, 0.05) is 44.0 Å². The summed E-state index contributed by atoms with van der Waals surface area (Å²) in [6.07, 6.45) is 0. The molecule has 104 valence electrons. The summed E-state index contributed by atoms with van der Waals surface area (Å²) in [5.74, 6) is 0.870. The van der Waals surface area contributed by atoms with E-state index in [1.807, 2.05) is 12.1 Å². The van der Waals surface area contributed by atoms with Gasteiger partial charge in [0.1, 0.15) is 0 Å². The normalized spacial score (nSPS) is 16.9. The van der Waals surface area contributed by atoms with Gasteiger partial charge in [0.15, 0.2) is 5.78 Å². The fourth-order valence-electron chi connectivity index (χ4n) is 2.61. The van der Waals surface area contributed by atoms with E-state index >= 15 is 0 Å². The van der Waals surface area contributed by atoms with Gasteiger partial charge in [0.25, 0.3) is 0 Å². The zero-order chi connectivity index (χ0) is 13.8. The lowest BCUT2D eigenvalue weighted by atomic mass is 10.1.